The zero-order valence-corrected chi connectivity index (χ0v) is 14.0. The lowest BCUT2D eigenvalue weighted by molar-refractivity contribution is 0.192. The molecular formula is C13H23N5O3S. The Bertz CT molecular complexity index is 621. The number of nitrogens with zero attached hydrogens (tertiary/aromatic N) is 4. The van der Waals surface area contributed by atoms with Gasteiger partial charge in [-0.1, -0.05) is 0 Å². The predicted octanol–water partition coefficient (Wildman–Crippen LogP) is -0.0145. The Morgan fingerprint density at radius 3 is 2.64 bits per heavy atom. The molecule has 1 heterocycles. The summed E-state index contributed by atoms with van der Waals surface area (Å²) in [6.45, 7) is 0.598. The Hall–Kier alpha value is -1.61. The molecule has 0 aliphatic heterocycles. The van der Waals surface area contributed by atoms with Crippen molar-refractivity contribution < 1.29 is 13.2 Å². The van der Waals surface area contributed by atoms with Crippen molar-refractivity contribution in [3.8, 4) is 0 Å². The molecule has 1 saturated carbocycles. The number of aromatic nitrogens is 2. The van der Waals surface area contributed by atoms with E-state index in [0.717, 1.165) is 22.7 Å². The molecule has 1 aromatic heterocycles. The van der Waals surface area contributed by atoms with Gasteiger partial charge in [0.15, 0.2) is 0 Å². The molecule has 124 valence electrons. The lowest BCUT2D eigenvalue weighted by atomic mass is 10.3. The van der Waals surface area contributed by atoms with E-state index < -0.39 is 10.0 Å². The van der Waals surface area contributed by atoms with Gasteiger partial charge in [-0.3, -0.25) is 4.68 Å². The number of amides is 2. The van der Waals surface area contributed by atoms with Crippen LogP contribution in [0.4, 0.5) is 4.79 Å². The summed E-state index contributed by atoms with van der Waals surface area (Å²) in [6.07, 6.45) is 5.59. The first-order valence-corrected chi connectivity index (χ1v) is 8.82. The van der Waals surface area contributed by atoms with Crippen molar-refractivity contribution in [3.05, 3.63) is 18.0 Å². The summed E-state index contributed by atoms with van der Waals surface area (Å²) in [5, 5.41) is 6.79. The fourth-order valence-corrected chi connectivity index (χ4v) is 2.80. The topological polar surface area (TPSA) is 87.5 Å². The molecular weight excluding hydrogens is 306 g/mol. The van der Waals surface area contributed by atoms with Gasteiger partial charge in [0, 0.05) is 45.5 Å². The molecule has 0 aromatic carbocycles. The summed E-state index contributed by atoms with van der Waals surface area (Å²) < 4.78 is 26.2. The van der Waals surface area contributed by atoms with Gasteiger partial charge in [-0.2, -0.15) is 5.10 Å². The summed E-state index contributed by atoms with van der Waals surface area (Å²) in [7, 11) is 1.50. The molecule has 0 unspecified atom stereocenters. The number of urea groups is 1. The molecule has 0 atom stereocenters. The van der Waals surface area contributed by atoms with Crippen molar-refractivity contribution in [1.29, 1.82) is 0 Å². The Labute approximate surface area is 131 Å². The highest BCUT2D eigenvalue weighted by Crippen LogP contribution is 2.28. The first-order chi connectivity index (χ1) is 10.3. The van der Waals surface area contributed by atoms with E-state index in [0.29, 0.717) is 6.54 Å². The van der Waals surface area contributed by atoms with Gasteiger partial charge in [0.05, 0.1) is 18.5 Å². The van der Waals surface area contributed by atoms with Crippen LogP contribution >= 0.6 is 0 Å². The van der Waals surface area contributed by atoms with Crippen molar-refractivity contribution in [1.82, 2.24) is 24.3 Å². The van der Waals surface area contributed by atoms with Crippen molar-refractivity contribution in [2.75, 3.05) is 26.4 Å². The van der Waals surface area contributed by atoms with E-state index in [9.17, 15) is 13.2 Å². The number of rotatable bonds is 7. The molecule has 1 N–H and O–H groups in total. The number of aryl methyl sites for hydroxylation is 1. The van der Waals surface area contributed by atoms with E-state index in [2.05, 4.69) is 10.4 Å². The number of nitrogens with one attached hydrogen (secondary N) is 1. The second-order valence-corrected chi connectivity index (χ2v) is 8.01. The van der Waals surface area contributed by atoms with Gasteiger partial charge >= 0.3 is 6.03 Å². The highest BCUT2D eigenvalue weighted by atomic mass is 32.2. The zero-order chi connectivity index (χ0) is 16.3. The van der Waals surface area contributed by atoms with Crippen LogP contribution in [0.3, 0.4) is 0 Å². The van der Waals surface area contributed by atoms with E-state index in [-0.39, 0.29) is 24.4 Å². The molecule has 22 heavy (non-hydrogen) atoms. The van der Waals surface area contributed by atoms with E-state index >= 15 is 0 Å². The normalized spacial score (nSPS) is 15.1. The largest absolute Gasteiger partial charge is 0.337 e. The van der Waals surface area contributed by atoms with Gasteiger partial charge in [0.1, 0.15) is 0 Å². The fourth-order valence-electron chi connectivity index (χ4n) is 2.07. The van der Waals surface area contributed by atoms with Gasteiger partial charge in [-0.15, -0.1) is 0 Å². The highest BCUT2D eigenvalue weighted by Gasteiger charge is 2.32. The maximum atomic E-state index is 12.3. The minimum Gasteiger partial charge on any atom is -0.337 e. The SMILES string of the molecule is CN(C)S(=O)(=O)CCNC(=O)N(Cc1cnn(C)c1)C1CC1. The second-order valence-electron chi connectivity index (χ2n) is 5.71. The lowest BCUT2D eigenvalue weighted by Gasteiger charge is -2.22. The average Bonchev–Trinajstić information content (AvgIpc) is 3.18. The quantitative estimate of drug-likeness (QED) is 0.762. The van der Waals surface area contributed by atoms with Crippen LogP contribution in [-0.2, 0) is 23.6 Å². The molecule has 0 radical (unpaired) electrons. The van der Waals surface area contributed by atoms with Gasteiger partial charge in [-0.05, 0) is 12.8 Å². The molecule has 9 heteroatoms. The first kappa shape index (κ1) is 16.8. The molecule has 8 nitrogen and oxygen atoms in total. The smallest absolute Gasteiger partial charge is 0.317 e. The van der Waals surface area contributed by atoms with Crippen molar-refractivity contribution in [3.63, 3.8) is 0 Å². The molecule has 0 bridgehead atoms. The monoisotopic (exact) mass is 329 g/mol. The van der Waals surface area contributed by atoms with Crippen LogP contribution in [-0.4, -0.2) is 65.9 Å². The number of hydrogen-bond acceptors (Lipinski definition) is 4. The molecule has 1 aliphatic carbocycles. The molecule has 0 saturated heterocycles. The third-order valence-electron chi connectivity index (χ3n) is 3.55. The Balaban J connectivity index is 1.88. The minimum absolute atomic E-state index is 0.100. The van der Waals surface area contributed by atoms with E-state index in [1.54, 1.807) is 15.8 Å². The third kappa shape index (κ3) is 4.44. The van der Waals surface area contributed by atoms with Crippen LogP contribution in [0.1, 0.15) is 18.4 Å². The summed E-state index contributed by atoms with van der Waals surface area (Å²) in [5.41, 5.74) is 0.963. The van der Waals surface area contributed by atoms with Crippen LogP contribution in [0, 0.1) is 0 Å². The maximum Gasteiger partial charge on any atom is 0.317 e. The van der Waals surface area contributed by atoms with Gasteiger partial charge in [-0.25, -0.2) is 17.5 Å². The summed E-state index contributed by atoms with van der Waals surface area (Å²) in [5.74, 6) is -0.100. The summed E-state index contributed by atoms with van der Waals surface area (Å²) in [6, 6.07) is 0.0194. The second kappa shape index (κ2) is 6.66. The number of carbonyl (C=O) groups is 1. The Morgan fingerprint density at radius 2 is 2.14 bits per heavy atom. The van der Waals surface area contributed by atoms with Gasteiger partial charge < -0.3 is 10.2 Å². The maximum absolute atomic E-state index is 12.3. The third-order valence-corrected chi connectivity index (χ3v) is 5.39. The minimum atomic E-state index is -3.29. The number of carbonyl (C=O) groups excluding carboxylic acids is 1. The van der Waals surface area contributed by atoms with Crippen molar-refractivity contribution in [2.24, 2.45) is 7.05 Å². The number of hydrogen-bond donors (Lipinski definition) is 1. The van der Waals surface area contributed by atoms with Gasteiger partial charge in [0.25, 0.3) is 0 Å². The van der Waals surface area contributed by atoms with E-state index in [1.807, 2.05) is 13.2 Å². The van der Waals surface area contributed by atoms with E-state index in [1.165, 1.54) is 14.1 Å². The zero-order valence-electron chi connectivity index (χ0n) is 13.2. The van der Waals surface area contributed by atoms with Crippen molar-refractivity contribution >= 4 is 16.1 Å². The summed E-state index contributed by atoms with van der Waals surface area (Å²) >= 11 is 0. The lowest BCUT2D eigenvalue weighted by Crippen LogP contribution is -2.43. The van der Waals surface area contributed by atoms with Crippen LogP contribution < -0.4 is 5.32 Å². The molecule has 0 spiro atoms. The van der Waals surface area contributed by atoms with E-state index in [4.69, 9.17) is 0 Å². The highest BCUT2D eigenvalue weighted by molar-refractivity contribution is 7.89. The fraction of sp³-hybridized carbons (Fsp3) is 0.692. The van der Waals surface area contributed by atoms with Crippen LogP contribution in [0.25, 0.3) is 0 Å². The van der Waals surface area contributed by atoms with Crippen LogP contribution in [0.5, 0.6) is 0 Å². The first-order valence-electron chi connectivity index (χ1n) is 7.22. The van der Waals surface area contributed by atoms with Gasteiger partial charge in [0.2, 0.25) is 10.0 Å². The Kier molecular flexibility index (Phi) is 5.07. The van der Waals surface area contributed by atoms with Crippen LogP contribution in [0.15, 0.2) is 12.4 Å². The van der Waals surface area contributed by atoms with Crippen molar-refractivity contribution in [2.45, 2.75) is 25.4 Å². The molecule has 1 fully saturated rings. The molecule has 1 aliphatic rings. The standard InChI is InChI=1S/C13H23N5O3S/c1-16(2)22(20,21)7-6-14-13(19)18(12-4-5-12)10-11-8-15-17(3)9-11/h8-9,12H,4-7,10H2,1-3H3,(H,14,19). The number of sulfonamides is 1. The molecule has 1 aromatic rings. The predicted molar refractivity (Wildman–Crippen MR) is 82.6 cm³/mol. The van der Waals surface area contributed by atoms with Crippen LogP contribution in [0.2, 0.25) is 0 Å². The molecule has 2 amide bonds. The molecule has 2 rings (SSSR count). The summed E-state index contributed by atoms with van der Waals surface area (Å²) in [4.78, 5) is 14.0. The average molecular weight is 329 g/mol. The Morgan fingerprint density at radius 1 is 1.45 bits per heavy atom.